The molecule has 0 N–H and O–H groups in total. The van der Waals surface area contributed by atoms with E-state index in [2.05, 4.69) is 32.6 Å². The highest BCUT2D eigenvalue weighted by molar-refractivity contribution is 14.1. The number of alkyl halides is 1. The van der Waals surface area contributed by atoms with E-state index < -0.39 is 0 Å². The van der Waals surface area contributed by atoms with E-state index in [1.807, 2.05) is 12.1 Å². The molecule has 0 saturated heterocycles. The normalized spacial score (nSPS) is 10.4. The highest BCUT2D eigenvalue weighted by atomic mass is 127. The Balaban J connectivity index is 2.72. The molecule has 4 nitrogen and oxygen atoms in total. The van der Waals surface area contributed by atoms with Gasteiger partial charge in [0, 0.05) is 15.9 Å². The maximum atomic E-state index is 5.26. The van der Waals surface area contributed by atoms with Gasteiger partial charge in [0.1, 0.15) is 6.33 Å². The number of benzene rings is 1. The number of ether oxygens (including phenoxy) is 2. The predicted molar refractivity (Wildman–Crippen MR) is 70.4 cm³/mol. The highest BCUT2D eigenvalue weighted by Gasteiger charge is 2.09. The quantitative estimate of drug-likeness (QED) is 0.641. The molecule has 0 bridgehead atoms. The van der Waals surface area contributed by atoms with Crippen LogP contribution in [0.1, 0.15) is 5.69 Å². The molecule has 84 valence electrons. The van der Waals surface area contributed by atoms with Crippen molar-refractivity contribution in [2.24, 2.45) is 0 Å². The summed E-state index contributed by atoms with van der Waals surface area (Å²) in [6.07, 6.45) is 1.57. The summed E-state index contributed by atoms with van der Waals surface area (Å²) in [5, 5.41) is 1.01. The number of hydrogen-bond acceptors (Lipinski definition) is 4. The van der Waals surface area contributed by atoms with Gasteiger partial charge >= 0.3 is 0 Å². The predicted octanol–water partition coefficient (Wildman–Crippen LogP) is 2.58. The Bertz CT molecular complexity index is 517. The molecule has 0 unspecified atom stereocenters. The maximum Gasteiger partial charge on any atom is 0.162 e. The number of aromatic nitrogens is 2. The molecule has 0 aliphatic rings. The third kappa shape index (κ3) is 1.91. The van der Waals surface area contributed by atoms with Gasteiger partial charge in [-0.2, -0.15) is 0 Å². The molecular formula is C11H11IN2O2. The molecule has 0 saturated carbocycles. The minimum Gasteiger partial charge on any atom is -0.493 e. The number of fused-ring (bicyclic) bond motifs is 1. The zero-order valence-corrected chi connectivity index (χ0v) is 11.2. The van der Waals surface area contributed by atoms with Crippen molar-refractivity contribution in [1.29, 1.82) is 0 Å². The van der Waals surface area contributed by atoms with Gasteiger partial charge in [-0.1, -0.05) is 22.6 Å². The Morgan fingerprint density at radius 2 is 1.81 bits per heavy atom. The Labute approximate surface area is 107 Å². The Morgan fingerprint density at radius 3 is 2.44 bits per heavy atom. The van der Waals surface area contributed by atoms with Crippen molar-refractivity contribution in [3.05, 3.63) is 24.2 Å². The second-order valence-electron chi connectivity index (χ2n) is 3.18. The number of halogens is 1. The zero-order chi connectivity index (χ0) is 11.5. The largest absolute Gasteiger partial charge is 0.493 e. The molecule has 0 atom stereocenters. The smallest absolute Gasteiger partial charge is 0.162 e. The third-order valence-electron chi connectivity index (χ3n) is 2.35. The number of nitrogens with zero attached hydrogens (tertiary/aromatic N) is 2. The van der Waals surface area contributed by atoms with Gasteiger partial charge in [0.15, 0.2) is 11.5 Å². The number of rotatable bonds is 3. The van der Waals surface area contributed by atoms with E-state index in [9.17, 15) is 0 Å². The van der Waals surface area contributed by atoms with Gasteiger partial charge in [-0.15, -0.1) is 0 Å². The number of methoxy groups -OCH3 is 2. The minimum atomic E-state index is 0.688. The van der Waals surface area contributed by atoms with Crippen LogP contribution in [-0.4, -0.2) is 24.2 Å². The van der Waals surface area contributed by atoms with Crippen molar-refractivity contribution in [2.45, 2.75) is 4.43 Å². The summed E-state index contributed by atoms with van der Waals surface area (Å²) in [7, 11) is 3.24. The first-order valence-corrected chi connectivity index (χ1v) is 6.24. The standard InChI is InChI=1S/C11H11IN2O2/c1-15-10-3-7-8(4-11(10)16-2)13-6-14-9(7)5-12/h3-4,6H,5H2,1-2H3. The second kappa shape index (κ2) is 4.82. The zero-order valence-electron chi connectivity index (χ0n) is 9.03. The van der Waals surface area contributed by atoms with Crippen LogP contribution in [0.15, 0.2) is 18.5 Å². The fraction of sp³-hybridized carbons (Fsp3) is 0.273. The van der Waals surface area contributed by atoms with Crippen LogP contribution >= 0.6 is 22.6 Å². The molecule has 5 heteroatoms. The van der Waals surface area contributed by atoms with Crippen molar-refractivity contribution >= 4 is 33.5 Å². The summed E-state index contributed by atoms with van der Waals surface area (Å²) < 4.78 is 11.3. The molecule has 1 heterocycles. The first-order valence-electron chi connectivity index (χ1n) is 4.71. The van der Waals surface area contributed by atoms with E-state index in [0.29, 0.717) is 11.5 Å². The summed E-state index contributed by atoms with van der Waals surface area (Å²) in [5.41, 5.74) is 1.88. The molecule has 0 spiro atoms. The van der Waals surface area contributed by atoms with Gasteiger partial charge in [0.05, 0.1) is 25.4 Å². The van der Waals surface area contributed by atoms with Crippen LogP contribution < -0.4 is 9.47 Å². The molecule has 0 aliphatic carbocycles. The highest BCUT2D eigenvalue weighted by Crippen LogP contribution is 2.32. The summed E-state index contributed by atoms with van der Waals surface area (Å²) >= 11 is 2.28. The van der Waals surface area contributed by atoms with Crippen LogP contribution in [0.4, 0.5) is 0 Å². The molecule has 0 aliphatic heterocycles. The van der Waals surface area contributed by atoms with Crippen LogP contribution in [0.3, 0.4) is 0 Å². The van der Waals surface area contributed by atoms with Gasteiger partial charge in [0.25, 0.3) is 0 Å². The summed E-state index contributed by atoms with van der Waals surface area (Å²) in [6.45, 7) is 0. The molecule has 1 aromatic heterocycles. The van der Waals surface area contributed by atoms with E-state index >= 15 is 0 Å². The van der Waals surface area contributed by atoms with Crippen molar-refractivity contribution in [1.82, 2.24) is 9.97 Å². The summed E-state index contributed by atoms with van der Waals surface area (Å²) in [6, 6.07) is 3.79. The average molecular weight is 330 g/mol. The number of hydrogen-bond donors (Lipinski definition) is 0. The van der Waals surface area contributed by atoms with Crippen LogP contribution in [0.25, 0.3) is 10.9 Å². The molecule has 1 aromatic carbocycles. The van der Waals surface area contributed by atoms with Gasteiger partial charge in [-0.3, -0.25) is 0 Å². The van der Waals surface area contributed by atoms with Gasteiger partial charge in [-0.25, -0.2) is 9.97 Å². The first kappa shape index (κ1) is 11.4. The molecule has 0 radical (unpaired) electrons. The molecular weight excluding hydrogens is 319 g/mol. The molecule has 0 fully saturated rings. The maximum absolute atomic E-state index is 5.26. The lowest BCUT2D eigenvalue weighted by atomic mass is 10.2. The van der Waals surface area contributed by atoms with E-state index in [0.717, 1.165) is 21.0 Å². The lowest BCUT2D eigenvalue weighted by molar-refractivity contribution is 0.355. The minimum absolute atomic E-state index is 0.688. The fourth-order valence-corrected chi connectivity index (χ4v) is 2.15. The SMILES string of the molecule is COc1cc2ncnc(CI)c2cc1OC. The molecule has 0 amide bonds. The van der Waals surface area contributed by atoms with E-state index in [1.54, 1.807) is 20.5 Å². The molecule has 2 aromatic rings. The van der Waals surface area contributed by atoms with E-state index in [-0.39, 0.29) is 0 Å². The van der Waals surface area contributed by atoms with Gasteiger partial charge in [0.2, 0.25) is 0 Å². The van der Waals surface area contributed by atoms with Crippen molar-refractivity contribution in [2.75, 3.05) is 14.2 Å². The summed E-state index contributed by atoms with van der Waals surface area (Å²) in [4.78, 5) is 8.47. The lowest BCUT2D eigenvalue weighted by Gasteiger charge is -2.09. The Kier molecular flexibility index (Phi) is 3.42. The van der Waals surface area contributed by atoms with Crippen LogP contribution in [0, 0.1) is 0 Å². The van der Waals surface area contributed by atoms with E-state index in [1.165, 1.54) is 0 Å². The molecule has 16 heavy (non-hydrogen) atoms. The topological polar surface area (TPSA) is 44.2 Å². The first-order chi connectivity index (χ1) is 7.80. The van der Waals surface area contributed by atoms with Crippen molar-refractivity contribution in [3.8, 4) is 11.5 Å². The monoisotopic (exact) mass is 330 g/mol. The van der Waals surface area contributed by atoms with E-state index in [4.69, 9.17) is 9.47 Å². The second-order valence-corrected chi connectivity index (χ2v) is 3.94. The fourth-order valence-electron chi connectivity index (χ4n) is 1.54. The van der Waals surface area contributed by atoms with Crippen molar-refractivity contribution in [3.63, 3.8) is 0 Å². The van der Waals surface area contributed by atoms with Crippen LogP contribution in [-0.2, 0) is 4.43 Å². The van der Waals surface area contributed by atoms with Crippen molar-refractivity contribution < 1.29 is 9.47 Å². The van der Waals surface area contributed by atoms with Gasteiger partial charge < -0.3 is 9.47 Å². The summed E-state index contributed by atoms with van der Waals surface area (Å²) in [5.74, 6) is 1.39. The van der Waals surface area contributed by atoms with Crippen LogP contribution in [0.2, 0.25) is 0 Å². The van der Waals surface area contributed by atoms with Crippen LogP contribution in [0.5, 0.6) is 11.5 Å². The average Bonchev–Trinajstić information content (AvgIpc) is 2.36. The Morgan fingerprint density at radius 1 is 1.12 bits per heavy atom. The third-order valence-corrected chi connectivity index (χ3v) is 3.07. The van der Waals surface area contributed by atoms with Gasteiger partial charge in [-0.05, 0) is 6.07 Å². The lowest BCUT2D eigenvalue weighted by Crippen LogP contribution is -1.94. The Hall–Kier alpha value is -1.11. The molecule has 2 rings (SSSR count).